The van der Waals surface area contributed by atoms with E-state index in [1.807, 2.05) is 0 Å². The fourth-order valence-corrected chi connectivity index (χ4v) is 2.98. The summed E-state index contributed by atoms with van der Waals surface area (Å²) >= 11 is 14.6. The molecule has 0 fully saturated rings. The molecule has 3 aromatic rings. The Morgan fingerprint density at radius 1 is 1.33 bits per heavy atom. The highest BCUT2D eigenvalue weighted by Gasteiger charge is 2.14. The van der Waals surface area contributed by atoms with E-state index in [2.05, 4.69) is 20.9 Å². The van der Waals surface area contributed by atoms with Crippen LogP contribution in [0, 0.1) is 10.6 Å². The van der Waals surface area contributed by atoms with E-state index in [1.165, 1.54) is 6.07 Å². The molecule has 0 aliphatic heterocycles. The number of ether oxygens (including phenoxy) is 1. The Balaban J connectivity index is 2.40. The van der Waals surface area contributed by atoms with E-state index in [0.29, 0.717) is 31.2 Å². The number of benzene rings is 2. The number of aromatic nitrogens is 2. The van der Waals surface area contributed by atoms with Gasteiger partial charge in [-0.2, -0.15) is 0 Å². The van der Waals surface area contributed by atoms with Gasteiger partial charge < -0.3 is 9.72 Å². The van der Waals surface area contributed by atoms with Gasteiger partial charge in [-0.05, 0) is 52.4 Å². The van der Waals surface area contributed by atoms with E-state index in [-0.39, 0.29) is 5.82 Å². The predicted octanol–water partition coefficient (Wildman–Crippen LogP) is 5.25. The number of aromatic amines is 1. The van der Waals surface area contributed by atoms with Gasteiger partial charge in [0.25, 0.3) is 0 Å². The molecule has 108 valence electrons. The van der Waals surface area contributed by atoms with Crippen LogP contribution >= 0.6 is 39.7 Å². The van der Waals surface area contributed by atoms with Crippen molar-refractivity contribution >= 4 is 50.8 Å². The minimum absolute atomic E-state index is 0.357. The van der Waals surface area contributed by atoms with Gasteiger partial charge in [0.2, 0.25) is 0 Å². The lowest BCUT2D eigenvalue weighted by Gasteiger charge is -2.11. The first-order valence-corrected chi connectivity index (χ1v) is 7.53. The normalized spacial score (nSPS) is 11.0. The van der Waals surface area contributed by atoms with Gasteiger partial charge in [0.1, 0.15) is 11.6 Å². The van der Waals surface area contributed by atoms with Crippen LogP contribution in [0.3, 0.4) is 0 Å². The van der Waals surface area contributed by atoms with Gasteiger partial charge in [0, 0.05) is 11.1 Å². The molecule has 7 heteroatoms. The van der Waals surface area contributed by atoms with Crippen molar-refractivity contribution in [3.8, 4) is 11.4 Å². The number of halogens is 3. The average molecular weight is 388 g/mol. The predicted molar refractivity (Wildman–Crippen MR) is 87.7 cm³/mol. The molecule has 0 amide bonds. The van der Waals surface area contributed by atoms with Crippen LogP contribution in [-0.4, -0.2) is 16.7 Å². The van der Waals surface area contributed by atoms with Crippen molar-refractivity contribution in [2.75, 3.05) is 7.11 Å². The molecule has 0 unspecified atom stereocenters. The summed E-state index contributed by atoms with van der Waals surface area (Å²) in [4.78, 5) is 2.98. The summed E-state index contributed by atoms with van der Waals surface area (Å²) in [5.74, 6) is 0.265. The molecule has 0 spiro atoms. The third-order valence-electron chi connectivity index (χ3n) is 3.11. The summed E-state index contributed by atoms with van der Waals surface area (Å²) in [6, 6.07) is 8.30. The Bertz CT molecular complexity index is 906. The maximum absolute atomic E-state index is 13.6. The lowest BCUT2D eigenvalue weighted by molar-refractivity contribution is 0.413. The van der Waals surface area contributed by atoms with Gasteiger partial charge in [-0.15, -0.1) is 0 Å². The van der Waals surface area contributed by atoms with Crippen LogP contribution in [0.1, 0.15) is 0 Å². The molecule has 1 N–H and O–H groups in total. The first-order chi connectivity index (χ1) is 10.0. The zero-order valence-electron chi connectivity index (χ0n) is 10.8. The number of H-pyrrole nitrogens is 1. The maximum Gasteiger partial charge on any atom is 0.182 e. The standard InChI is InChI=1S/C14H9BrClFN2OS/c1-20-13-3-2-7(16)4-12(13)19-11-5-8(15)9(17)6-10(11)18-14(19)21/h2-6H,1H3,(H,18,21). The highest BCUT2D eigenvalue weighted by atomic mass is 79.9. The van der Waals surface area contributed by atoms with Gasteiger partial charge in [-0.25, -0.2) is 4.39 Å². The van der Waals surface area contributed by atoms with Crippen molar-refractivity contribution < 1.29 is 9.13 Å². The van der Waals surface area contributed by atoms with Crippen LogP contribution in [0.5, 0.6) is 5.75 Å². The summed E-state index contributed by atoms with van der Waals surface area (Å²) in [6.45, 7) is 0. The zero-order valence-corrected chi connectivity index (χ0v) is 13.9. The van der Waals surface area contributed by atoms with Crippen LogP contribution in [0.2, 0.25) is 5.02 Å². The zero-order chi connectivity index (χ0) is 15.1. The Morgan fingerprint density at radius 2 is 2.10 bits per heavy atom. The van der Waals surface area contributed by atoms with E-state index in [0.717, 1.165) is 5.52 Å². The van der Waals surface area contributed by atoms with Gasteiger partial charge in [-0.1, -0.05) is 11.6 Å². The smallest absolute Gasteiger partial charge is 0.182 e. The molecule has 21 heavy (non-hydrogen) atoms. The van der Waals surface area contributed by atoms with E-state index in [9.17, 15) is 4.39 Å². The summed E-state index contributed by atoms with van der Waals surface area (Å²) in [5, 5.41) is 0.559. The number of hydrogen-bond acceptors (Lipinski definition) is 2. The van der Waals surface area contributed by atoms with Gasteiger partial charge >= 0.3 is 0 Å². The van der Waals surface area contributed by atoms with Crippen LogP contribution < -0.4 is 4.74 Å². The van der Waals surface area contributed by atoms with Crippen molar-refractivity contribution in [2.24, 2.45) is 0 Å². The summed E-state index contributed by atoms with van der Waals surface area (Å²) < 4.78 is 21.6. The molecule has 0 radical (unpaired) electrons. The highest BCUT2D eigenvalue weighted by molar-refractivity contribution is 9.10. The minimum Gasteiger partial charge on any atom is -0.495 e. The Kier molecular flexibility index (Phi) is 3.77. The van der Waals surface area contributed by atoms with Crippen LogP contribution in [0.4, 0.5) is 4.39 Å². The number of nitrogens with one attached hydrogen (secondary N) is 1. The monoisotopic (exact) mass is 386 g/mol. The molecule has 3 rings (SSSR count). The lowest BCUT2D eigenvalue weighted by Crippen LogP contribution is -1.98. The van der Waals surface area contributed by atoms with Gasteiger partial charge in [0.05, 0.1) is 28.3 Å². The minimum atomic E-state index is -0.357. The second-order valence-corrected chi connectivity index (χ2v) is 6.04. The van der Waals surface area contributed by atoms with E-state index in [4.69, 9.17) is 28.6 Å². The molecule has 0 aliphatic carbocycles. The quantitative estimate of drug-likeness (QED) is 0.609. The molecular weight excluding hydrogens is 379 g/mol. The highest BCUT2D eigenvalue weighted by Crippen LogP contribution is 2.31. The van der Waals surface area contributed by atoms with Crippen LogP contribution in [-0.2, 0) is 0 Å². The number of methoxy groups -OCH3 is 1. The maximum atomic E-state index is 13.6. The molecular formula is C14H9BrClFN2OS. The van der Waals surface area contributed by atoms with E-state index in [1.54, 1.807) is 35.9 Å². The third kappa shape index (κ3) is 2.47. The second-order valence-electron chi connectivity index (χ2n) is 4.37. The molecule has 0 aliphatic rings. The lowest BCUT2D eigenvalue weighted by atomic mass is 10.2. The number of nitrogens with zero attached hydrogens (tertiary/aromatic N) is 1. The third-order valence-corrected chi connectivity index (χ3v) is 4.23. The Labute approximate surface area is 138 Å². The first kappa shape index (κ1) is 14.6. The number of rotatable bonds is 2. The molecule has 0 atom stereocenters. The van der Waals surface area contributed by atoms with E-state index >= 15 is 0 Å². The SMILES string of the molecule is COc1ccc(Cl)cc1-n1c(=S)[nH]c2cc(F)c(Br)cc21. The van der Waals surface area contributed by atoms with Crippen LogP contribution in [0.25, 0.3) is 16.7 Å². The molecule has 1 aromatic heterocycles. The molecule has 3 nitrogen and oxygen atoms in total. The largest absolute Gasteiger partial charge is 0.495 e. The van der Waals surface area contributed by atoms with Crippen molar-refractivity contribution in [1.29, 1.82) is 0 Å². The van der Waals surface area contributed by atoms with Crippen molar-refractivity contribution in [2.45, 2.75) is 0 Å². The number of hydrogen-bond donors (Lipinski definition) is 1. The van der Waals surface area contributed by atoms with Gasteiger partial charge in [0.15, 0.2) is 4.77 Å². The number of imidazole rings is 1. The molecule has 2 aromatic carbocycles. The summed E-state index contributed by atoms with van der Waals surface area (Å²) in [5.41, 5.74) is 2.02. The molecule has 0 bridgehead atoms. The van der Waals surface area contributed by atoms with E-state index < -0.39 is 0 Å². The van der Waals surface area contributed by atoms with Crippen LogP contribution in [0.15, 0.2) is 34.8 Å². The van der Waals surface area contributed by atoms with Crippen molar-refractivity contribution in [3.05, 3.63) is 50.4 Å². The summed E-state index contributed by atoms with van der Waals surface area (Å²) in [7, 11) is 1.57. The molecule has 0 saturated heterocycles. The average Bonchev–Trinajstić information content (AvgIpc) is 2.74. The Morgan fingerprint density at radius 3 is 2.81 bits per heavy atom. The summed E-state index contributed by atoms with van der Waals surface area (Å²) in [6.07, 6.45) is 0. The molecule has 0 saturated carbocycles. The first-order valence-electron chi connectivity index (χ1n) is 5.95. The fourth-order valence-electron chi connectivity index (χ4n) is 2.18. The number of fused-ring (bicyclic) bond motifs is 1. The Hall–Kier alpha value is -1.37. The van der Waals surface area contributed by atoms with Gasteiger partial charge in [-0.3, -0.25) is 4.57 Å². The topological polar surface area (TPSA) is 29.9 Å². The van der Waals surface area contributed by atoms with Crippen molar-refractivity contribution in [3.63, 3.8) is 0 Å². The van der Waals surface area contributed by atoms with Crippen molar-refractivity contribution in [1.82, 2.24) is 9.55 Å². The fraction of sp³-hybridized carbons (Fsp3) is 0.0714. The second kappa shape index (κ2) is 5.44. The molecule has 1 heterocycles.